The highest BCUT2D eigenvalue weighted by atomic mass is 16.5. The van der Waals surface area contributed by atoms with Gasteiger partial charge >= 0.3 is 0 Å². The van der Waals surface area contributed by atoms with Crippen molar-refractivity contribution in [1.82, 2.24) is 5.32 Å². The highest BCUT2D eigenvalue weighted by Crippen LogP contribution is 2.42. The number of nitrogens with zero attached hydrogens (tertiary/aromatic N) is 1. The van der Waals surface area contributed by atoms with Gasteiger partial charge in [-0.25, -0.2) is 0 Å². The average Bonchev–Trinajstić information content (AvgIpc) is 2.84. The standard InChI is InChI=1S/C28H34N2O3/c1-5-9-27(31)30-21(2)10-6-11-22-18-28(20-29-19-22,23-12-7-14-25(16-23)32-3)24-13-8-15-26(17-24)33-4/h5,7-8,12-17,19-21H,1,6,9-11,18H2,2-4H3,(H,30,31)/t21-/m1/s1. The van der Waals surface area contributed by atoms with Crippen molar-refractivity contribution in [1.29, 1.82) is 0 Å². The van der Waals surface area contributed by atoms with E-state index < -0.39 is 5.41 Å². The van der Waals surface area contributed by atoms with Crippen LogP contribution in [0.5, 0.6) is 11.5 Å². The van der Waals surface area contributed by atoms with Gasteiger partial charge in [0, 0.05) is 24.9 Å². The number of carbonyl (C=O) groups excluding carboxylic acids is 1. The van der Waals surface area contributed by atoms with Crippen LogP contribution < -0.4 is 14.8 Å². The maximum atomic E-state index is 11.8. The quantitative estimate of drug-likeness (QED) is 0.457. The van der Waals surface area contributed by atoms with E-state index >= 15 is 0 Å². The summed E-state index contributed by atoms with van der Waals surface area (Å²) in [6.07, 6.45) is 9.65. The second-order valence-electron chi connectivity index (χ2n) is 8.53. The monoisotopic (exact) mass is 446 g/mol. The van der Waals surface area contributed by atoms with Crippen molar-refractivity contribution in [3.05, 3.63) is 84.1 Å². The van der Waals surface area contributed by atoms with Crippen LogP contribution in [0, 0.1) is 0 Å². The Labute approximate surface area is 197 Å². The first-order valence-corrected chi connectivity index (χ1v) is 11.4. The normalized spacial score (nSPS) is 15.3. The third-order valence-corrected chi connectivity index (χ3v) is 6.10. The van der Waals surface area contributed by atoms with E-state index in [1.807, 2.05) is 43.6 Å². The molecule has 3 rings (SSSR count). The number of nitrogens with one attached hydrogen (secondary N) is 1. The molecule has 0 aromatic heterocycles. The zero-order chi connectivity index (χ0) is 23.7. The molecule has 174 valence electrons. The minimum Gasteiger partial charge on any atom is -0.497 e. The Morgan fingerprint density at radius 3 is 2.36 bits per heavy atom. The van der Waals surface area contributed by atoms with Crippen LogP contribution in [0.15, 0.2) is 78.0 Å². The lowest BCUT2D eigenvalue weighted by Gasteiger charge is -2.34. The molecule has 0 saturated carbocycles. The van der Waals surface area contributed by atoms with Gasteiger partial charge in [0.05, 0.1) is 19.6 Å². The lowest BCUT2D eigenvalue weighted by molar-refractivity contribution is -0.120. The van der Waals surface area contributed by atoms with Gasteiger partial charge in [0.25, 0.3) is 0 Å². The summed E-state index contributed by atoms with van der Waals surface area (Å²) in [5, 5.41) is 3.02. The molecule has 33 heavy (non-hydrogen) atoms. The van der Waals surface area contributed by atoms with Gasteiger partial charge in [0.2, 0.25) is 5.91 Å². The van der Waals surface area contributed by atoms with E-state index in [-0.39, 0.29) is 11.9 Å². The number of ether oxygens (including phenoxy) is 2. The largest absolute Gasteiger partial charge is 0.497 e. The van der Waals surface area contributed by atoms with Crippen LogP contribution in [-0.4, -0.2) is 32.4 Å². The fraction of sp³-hybridized carbons (Fsp3) is 0.357. The van der Waals surface area contributed by atoms with Crippen molar-refractivity contribution in [3.63, 3.8) is 0 Å². The SMILES string of the molecule is C=CCC(=O)N[C@H](C)CCCC1=CN=CC(c2cccc(OC)c2)(c2cccc(OC)c2)C1. The van der Waals surface area contributed by atoms with Crippen molar-refractivity contribution in [3.8, 4) is 11.5 Å². The molecule has 1 atom stereocenters. The Balaban J connectivity index is 1.80. The molecule has 1 amide bonds. The second-order valence-corrected chi connectivity index (χ2v) is 8.53. The third-order valence-electron chi connectivity index (χ3n) is 6.10. The summed E-state index contributed by atoms with van der Waals surface area (Å²) >= 11 is 0. The highest BCUT2D eigenvalue weighted by Gasteiger charge is 2.36. The molecule has 1 aliphatic rings. The number of carbonyl (C=O) groups is 1. The number of aliphatic imine (C=N–C) groups is 1. The van der Waals surface area contributed by atoms with Gasteiger partial charge in [-0.05, 0) is 68.0 Å². The lowest BCUT2D eigenvalue weighted by atomic mass is 9.70. The van der Waals surface area contributed by atoms with Gasteiger partial charge in [-0.2, -0.15) is 0 Å². The van der Waals surface area contributed by atoms with E-state index in [0.717, 1.165) is 48.3 Å². The molecule has 0 bridgehead atoms. The zero-order valence-electron chi connectivity index (χ0n) is 19.8. The molecule has 2 aromatic rings. The molecule has 0 unspecified atom stereocenters. The van der Waals surface area contributed by atoms with Crippen molar-refractivity contribution < 1.29 is 14.3 Å². The highest BCUT2D eigenvalue weighted by molar-refractivity contribution is 5.82. The van der Waals surface area contributed by atoms with E-state index in [4.69, 9.17) is 14.5 Å². The Morgan fingerprint density at radius 2 is 1.79 bits per heavy atom. The number of methoxy groups -OCH3 is 2. The van der Waals surface area contributed by atoms with Gasteiger partial charge in [0.1, 0.15) is 11.5 Å². The van der Waals surface area contributed by atoms with Gasteiger partial charge in [-0.3, -0.25) is 9.79 Å². The molecule has 0 radical (unpaired) electrons. The maximum Gasteiger partial charge on any atom is 0.223 e. The maximum absolute atomic E-state index is 11.8. The molecule has 0 saturated heterocycles. The molecule has 1 heterocycles. The van der Waals surface area contributed by atoms with E-state index in [1.165, 1.54) is 5.57 Å². The van der Waals surface area contributed by atoms with Gasteiger partial charge in [-0.1, -0.05) is 35.9 Å². The van der Waals surface area contributed by atoms with E-state index in [9.17, 15) is 4.79 Å². The lowest BCUT2D eigenvalue weighted by Crippen LogP contribution is -2.33. The first-order valence-electron chi connectivity index (χ1n) is 11.4. The van der Waals surface area contributed by atoms with Crippen LogP contribution in [0.2, 0.25) is 0 Å². The first kappa shape index (κ1) is 24.3. The second kappa shape index (κ2) is 11.5. The number of rotatable bonds is 11. The number of allylic oxidation sites excluding steroid dienone is 1. The van der Waals surface area contributed by atoms with Crippen LogP contribution in [0.1, 0.15) is 50.2 Å². The minimum atomic E-state index is -0.406. The van der Waals surface area contributed by atoms with Crippen LogP contribution in [-0.2, 0) is 10.2 Å². The summed E-state index contributed by atoms with van der Waals surface area (Å²) in [4.78, 5) is 16.5. The minimum absolute atomic E-state index is 0.0223. The number of hydrogen-bond donors (Lipinski definition) is 1. The average molecular weight is 447 g/mol. The summed E-state index contributed by atoms with van der Waals surface area (Å²) in [7, 11) is 3.37. The molecule has 2 aromatic carbocycles. The van der Waals surface area contributed by atoms with Gasteiger partial charge < -0.3 is 14.8 Å². The third kappa shape index (κ3) is 6.13. The Hall–Kier alpha value is -3.34. The van der Waals surface area contributed by atoms with Crippen molar-refractivity contribution in [2.75, 3.05) is 14.2 Å². The summed E-state index contributed by atoms with van der Waals surface area (Å²) in [5.74, 6) is 1.67. The van der Waals surface area contributed by atoms with Crippen molar-refractivity contribution in [2.45, 2.75) is 50.5 Å². The first-order chi connectivity index (χ1) is 16.0. The predicted molar refractivity (Wildman–Crippen MR) is 134 cm³/mol. The van der Waals surface area contributed by atoms with Crippen LogP contribution in [0.25, 0.3) is 0 Å². The number of hydrogen-bond acceptors (Lipinski definition) is 4. The number of benzene rings is 2. The molecule has 0 spiro atoms. The molecule has 5 nitrogen and oxygen atoms in total. The fourth-order valence-electron chi connectivity index (χ4n) is 4.37. The van der Waals surface area contributed by atoms with Crippen molar-refractivity contribution in [2.24, 2.45) is 4.99 Å². The summed E-state index contributed by atoms with van der Waals surface area (Å²) < 4.78 is 11.0. The van der Waals surface area contributed by atoms with Gasteiger partial charge in [0.15, 0.2) is 0 Å². The summed E-state index contributed by atoms with van der Waals surface area (Å²) in [5.41, 5.74) is 3.15. The van der Waals surface area contributed by atoms with Crippen LogP contribution in [0.3, 0.4) is 0 Å². The molecular weight excluding hydrogens is 412 g/mol. The topological polar surface area (TPSA) is 59.9 Å². The smallest absolute Gasteiger partial charge is 0.223 e. The molecule has 1 aliphatic heterocycles. The molecule has 0 fully saturated rings. The molecule has 0 aliphatic carbocycles. The molecular formula is C28H34N2O3. The molecule has 5 heteroatoms. The molecule has 1 N–H and O–H groups in total. The van der Waals surface area contributed by atoms with Crippen molar-refractivity contribution >= 4 is 12.1 Å². The van der Waals surface area contributed by atoms with E-state index in [2.05, 4.69) is 36.2 Å². The zero-order valence-corrected chi connectivity index (χ0v) is 19.8. The Morgan fingerprint density at radius 1 is 1.15 bits per heavy atom. The summed E-state index contributed by atoms with van der Waals surface area (Å²) in [6.45, 7) is 5.67. The van der Waals surface area contributed by atoms with Crippen LogP contribution in [0.4, 0.5) is 0 Å². The summed E-state index contributed by atoms with van der Waals surface area (Å²) in [6, 6.07) is 16.5. The van der Waals surface area contributed by atoms with Crippen LogP contribution >= 0.6 is 0 Å². The predicted octanol–water partition coefficient (Wildman–Crippen LogP) is 5.60. The van der Waals surface area contributed by atoms with Gasteiger partial charge in [-0.15, -0.1) is 6.58 Å². The Bertz CT molecular complexity index is 978. The fourth-order valence-corrected chi connectivity index (χ4v) is 4.37. The Kier molecular flexibility index (Phi) is 8.47. The van der Waals surface area contributed by atoms with E-state index in [1.54, 1.807) is 20.3 Å². The number of amides is 1. The van der Waals surface area contributed by atoms with E-state index in [0.29, 0.717) is 6.42 Å².